The van der Waals surface area contributed by atoms with Crippen molar-refractivity contribution in [1.29, 1.82) is 5.26 Å². The molecule has 3 fully saturated rings. The van der Waals surface area contributed by atoms with Crippen molar-refractivity contribution in [3.8, 4) is 22.9 Å². The molecule has 68 heavy (non-hydrogen) atoms. The average Bonchev–Trinajstić information content (AvgIpc) is 3.92. The van der Waals surface area contributed by atoms with Gasteiger partial charge in [0, 0.05) is 124 Å². The number of hydrogen-bond acceptors (Lipinski definition) is 11. The number of likely N-dealkylation sites (tertiary alicyclic amines) is 1. The van der Waals surface area contributed by atoms with Crippen LogP contribution < -0.4 is 19.9 Å². The molecule has 356 valence electrons. The Morgan fingerprint density at radius 3 is 2.41 bits per heavy atom. The summed E-state index contributed by atoms with van der Waals surface area (Å²) >= 11 is 6.28. The second kappa shape index (κ2) is 17.8. The number of nitrogens with one attached hydrogen (secondary N) is 1. The summed E-state index contributed by atoms with van der Waals surface area (Å²) in [5.74, 6) is 2.82. The lowest BCUT2D eigenvalue weighted by atomic mass is 9.49. The Labute approximate surface area is 404 Å². The third-order valence-electron chi connectivity index (χ3n) is 15.7. The number of benzene rings is 2. The number of ether oxygens (including phenoxy) is 1. The molecule has 5 aliphatic rings. The maximum Gasteiger partial charge on any atom is 0.254 e. The van der Waals surface area contributed by atoms with Gasteiger partial charge in [0.2, 0.25) is 11.9 Å². The van der Waals surface area contributed by atoms with Gasteiger partial charge in [0.1, 0.15) is 17.9 Å². The monoisotopic (exact) mass is 938 g/mol. The number of halogens is 1. The standard InChI is InChI=1S/C52H63ClN12O3/c1-32-21-45-35(22-41(32)38-27-57-60(7)28-38)9-8-16-64(45)46-42-31-63(33(2)66)20-15-44(42)65(59-46)39-29-61(30-39)17-12-34-13-18-62(19-14-34)50-55-25-37(26-56-50)47(67)58-48-51(3,4)49(52(48,5)6)68-40-11-10-36(24-54)43(53)23-40/h10-11,21-23,25-28,34,39,48-49H,8-9,12-20,29-31H2,1-7H3,(H,58,67). The molecule has 15 nitrogen and oxygen atoms in total. The lowest BCUT2D eigenvalue weighted by Crippen LogP contribution is -2.74. The molecule has 0 unspecified atom stereocenters. The predicted molar refractivity (Wildman–Crippen MR) is 262 cm³/mol. The topological polar surface area (TPSA) is 154 Å². The number of hydrogen-bond donors (Lipinski definition) is 1. The van der Waals surface area contributed by atoms with E-state index in [1.54, 1.807) is 37.5 Å². The summed E-state index contributed by atoms with van der Waals surface area (Å²) in [6.07, 6.45) is 13.3. The van der Waals surface area contributed by atoms with E-state index in [4.69, 9.17) is 21.4 Å². The van der Waals surface area contributed by atoms with Crippen LogP contribution in [0.25, 0.3) is 11.1 Å². The molecule has 0 bridgehead atoms. The summed E-state index contributed by atoms with van der Waals surface area (Å²) < 4.78 is 10.6. The van der Waals surface area contributed by atoms with E-state index in [0.29, 0.717) is 46.4 Å². The van der Waals surface area contributed by atoms with Gasteiger partial charge in [0.15, 0.2) is 5.82 Å². The van der Waals surface area contributed by atoms with Crippen LogP contribution in [0.4, 0.5) is 17.5 Å². The highest BCUT2D eigenvalue weighted by atomic mass is 35.5. The van der Waals surface area contributed by atoms with E-state index >= 15 is 0 Å². The number of amides is 2. The maximum absolute atomic E-state index is 13.5. The number of anilines is 3. The lowest BCUT2D eigenvalue weighted by molar-refractivity contribution is -0.164. The highest BCUT2D eigenvalue weighted by Crippen LogP contribution is 2.56. The normalized spacial score (nSPS) is 21.3. The maximum atomic E-state index is 13.5. The molecule has 16 heteroatoms. The van der Waals surface area contributed by atoms with Crippen molar-refractivity contribution in [1.82, 2.24) is 44.6 Å². The number of carbonyl (C=O) groups is 2. The van der Waals surface area contributed by atoms with E-state index in [1.165, 1.54) is 33.6 Å². The number of rotatable bonds is 11. The Morgan fingerprint density at radius 1 is 0.985 bits per heavy atom. The summed E-state index contributed by atoms with van der Waals surface area (Å²) in [7, 11) is 1.96. The third kappa shape index (κ3) is 8.37. The highest BCUT2D eigenvalue weighted by molar-refractivity contribution is 6.31. The van der Waals surface area contributed by atoms with E-state index in [-0.39, 0.29) is 34.8 Å². The fourth-order valence-corrected chi connectivity index (χ4v) is 12.3. The van der Waals surface area contributed by atoms with Gasteiger partial charge in [-0.15, -0.1) is 0 Å². The van der Waals surface area contributed by atoms with Crippen molar-refractivity contribution in [2.24, 2.45) is 23.8 Å². The molecule has 5 aromatic rings. The van der Waals surface area contributed by atoms with Gasteiger partial charge in [-0.2, -0.15) is 15.5 Å². The van der Waals surface area contributed by atoms with E-state index in [9.17, 15) is 14.9 Å². The van der Waals surface area contributed by atoms with Crippen molar-refractivity contribution in [2.75, 3.05) is 55.6 Å². The zero-order chi connectivity index (χ0) is 47.6. The van der Waals surface area contributed by atoms with Crippen LogP contribution in [-0.4, -0.2) is 109 Å². The molecule has 0 radical (unpaired) electrons. The van der Waals surface area contributed by atoms with Gasteiger partial charge in [-0.25, -0.2) is 9.97 Å². The predicted octanol–water partition coefficient (Wildman–Crippen LogP) is 7.67. The van der Waals surface area contributed by atoms with Gasteiger partial charge in [0.25, 0.3) is 5.91 Å². The molecular formula is C52H63ClN12O3. The van der Waals surface area contributed by atoms with Crippen molar-refractivity contribution in [3.05, 3.63) is 93.7 Å². The fraction of sp³-hybridized carbons (Fsp3) is 0.519. The Morgan fingerprint density at radius 2 is 1.74 bits per heavy atom. The SMILES string of the molecule is CC(=O)N1CCc2c(c(N3CCCc4cc(-c5cnn(C)c5)c(C)cc43)nn2C2CN(CCC3CCN(c4ncc(C(=O)NC5C(C)(C)C(Oc6ccc(C#N)c(Cl)c6)C5(C)C)cn4)CC3)C2)C1. The van der Waals surface area contributed by atoms with Crippen molar-refractivity contribution < 1.29 is 14.3 Å². The first kappa shape index (κ1) is 45.8. The average molecular weight is 940 g/mol. The number of nitrogens with zero attached hydrogens (tertiary/aromatic N) is 11. The van der Waals surface area contributed by atoms with Gasteiger partial charge in [-0.1, -0.05) is 39.3 Å². The summed E-state index contributed by atoms with van der Waals surface area (Å²) in [6.45, 7) is 19.3. The van der Waals surface area contributed by atoms with Gasteiger partial charge in [-0.05, 0) is 92.4 Å². The molecular weight excluding hydrogens is 876 g/mol. The van der Waals surface area contributed by atoms with Crippen LogP contribution in [0.3, 0.4) is 0 Å². The van der Waals surface area contributed by atoms with Crippen LogP contribution in [0.5, 0.6) is 5.75 Å². The Kier molecular flexibility index (Phi) is 12.0. The summed E-state index contributed by atoms with van der Waals surface area (Å²) in [6, 6.07) is 12.0. The number of aromatic nitrogens is 6. The molecule has 2 saturated heterocycles. The minimum atomic E-state index is -0.375. The largest absolute Gasteiger partial charge is 0.489 e. The fourth-order valence-electron chi connectivity index (χ4n) is 12.1. The van der Waals surface area contributed by atoms with E-state index in [1.807, 2.05) is 22.8 Å². The number of piperidine rings is 1. The Hall–Kier alpha value is -5.98. The summed E-state index contributed by atoms with van der Waals surface area (Å²) in [5, 5.41) is 22.7. The second-order valence-corrected chi connectivity index (χ2v) is 21.4. The van der Waals surface area contributed by atoms with Gasteiger partial charge < -0.3 is 24.8 Å². The van der Waals surface area contributed by atoms with Crippen molar-refractivity contribution in [2.45, 2.75) is 105 Å². The molecule has 1 saturated carbocycles. The van der Waals surface area contributed by atoms with E-state index in [2.05, 4.69) is 98.8 Å². The molecule has 4 aliphatic heterocycles. The smallest absolute Gasteiger partial charge is 0.254 e. The molecule has 1 aliphatic carbocycles. The first-order valence-electron chi connectivity index (χ1n) is 24.3. The molecule has 1 N–H and O–H groups in total. The first-order valence-corrected chi connectivity index (χ1v) is 24.7. The molecule has 0 atom stereocenters. The minimum Gasteiger partial charge on any atom is -0.489 e. The first-order chi connectivity index (χ1) is 32.6. The number of nitriles is 1. The van der Waals surface area contributed by atoms with Crippen LogP contribution in [0, 0.1) is 35.0 Å². The van der Waals surface area contributed by atoms with Crippen LogP contribution in [0.1, 0.15) is 105 Å². The summed E-state index contributed by atoms with van der Waals surface area (Å²) in [5.41, 5.74) is 8.73. The van der Waals surface area contributed by atoms with Crippen molar-refractivity contribution >= 4 is 40.9 Å². The molecule has 2 aromatic carbocycles. The summed E-state index contributed by atoms with van der Waals surface area (Å²) in [4.78, 5) is 44.7. The van der Waals surface area contributed by atoms with Crippen LogP contribution >= 0.6 is 11.6 Å². The van der Waals surface area contributed by atoms with Crippen LogP contribution in [0.2, 0.25) is 5.02 Å². The zero-order valence-electron chi connectivity index (χ0n) is 40.4. The van der Waals surface area contributed by atoms with Crippen LogP contribution in [0.15, 0.2) is 55.1 Å². The molecule has 0 spiro atoms. The molecule has 10 rings (SSSR count). The van der Waals surface area contributed by atoms with Gasteiger partial charge in [0.05, 0.1) is 34.9 Å². The number of fused-ring (bicyclic) bond motifs is 2. The Bertz CT molecular complexity index is 2760. The highest BCUT2D eigenvalue weighted by Gasteiger charge is 2.64. The second-order valence-electron chi connectivity index (χ2n) is 21.0. The van der Waals surface area contributed by atoms with Crippen molar-refractivity contribution in [3.63, 3.8) is 0 Å². The third-order valence-corrected chi connectivity index (χ3v) is 16.0. The minimum absolute atomic E-state index is 0.116. The zero-order valence-corrected chi connectivity index (χ0v) is 41.2. The van der Waals surface area contributed by atoms with Crippen LogP contribution in [-0.2, 0) is 31.2 Å². The molecule has 2 amide bonds. The molecule has 3 aromatic heterocycles. The quantitative estimate of drug-likeness (QED) is 0.139. The number of carbonyl (C=O) groups excluding carboxylic acids is 2. The molecule has 7 heterocycles. The Balaban J connectivity index is 0.721. The van der Waals surface area contributed by atoms with Gasteiger partial charge in [-0.3, -0.25) is 23.9 Å². The number of aryl methyl sites for hydroxylation is 3. The van der Waals surface area contributed by atoms with E-state index in [0.717, 1.165) is 95.7 Å². The van der Waals surface area contributed by atoms with E-state index < -0.39 is 0 Å². The van der Waals surface area contributed by atoms with Gasteiger partial charge >= 0.3 is 0 Å². The lowest BCUT2D eigenvalue weighted by Gasteiger charge is -2.63.